The molecule has 0 heterocycles. The highest BCUT2D eigenvalue weighted by Gasteiger charge is 2.23. The van der Waals surface area contributed by atoms with Crippen LogP contribution in [0.1, 0.15) is 48.5 Å². The molecule has 15 heavy (non-hydrogen) atoms. The molecule has 0 aromatic rings. The minimum atomic E-state index is -0.409. The largest absolute Gasteiger partial charge is 0.459 e. The molecule has 0 aromatic heterocycles. The molecule has 0 amide bonds. The molecule has 90 valence electrons. The molecule has 0 fully saturated rings. The number of nitrogens with one attached hydrogen (secondary N) is 1. The SMILES string of the molecule is CC(C)C(C)N[C@H](C)C(=O)OC(C)(C)C. The summed E-state index contributed by atoms with van der Waals surface area (Å²) in [4.78, 5) is 11.6. The molecule has 0 radical (unpaired) electrons. The van der Waals surface area contributed by atoms with Gasteiger partial charge < -0.3 is 10.1 Å². The van der Waals surface area contributed by atoms with Crippen LogP contribution >= 0.6 is 0 Å². The Kier molecular flexibility index (Phi) is 5.29. The fraction of sp³-hybridized carbons (Fsp3) is 0.917. The van der Waals surface area contributed by atoms with E-state index in [1.165, 1.54) is 0 Å². The topological polar surface area (TPSA) is 38.3 Å². The van der Waals surface area contributed by atoms with Crippen molar-refractivity contribution in [2.45, 2.75) is 66.2 Å². The molecule has 0 aromatic carbocycles. The number of ether oxygens (including phenoxy) is 1. The number of hydrogen-bond donors (Lipinski definition) is 1. The number of carbonyl (C=O) groups is 1. The van der Waals surface area contributed by atoms with Gasteiger partial charge >= 0.3 is 5.97 Å². The van der Waals surface area contributed by atoms with Crippen molar-refractivity contribution in [1.29, 1.82) is 0 Å². The second kappa shape index (κ2) is 5.50. The molecule has 0 saturated heterocycles. The van der Waals surface area contributed by atoms with E-state index in [-0.39, 0.29) is 12.0 Å². The standard InChI is InChI=1S/C12H25NO2/c1-8(2)9(3)13-10(4)11(14)15-12(5,6)7/h8-10,13H,1-7H3/t9?,10-/m1/s1. The average Bonchev–Trinajstić information content (AvgIpc) is 2.00. The van der Waals surface area contributed by atoms with E-state index in [1.807, 2.05) is 27.7 Å². The highest BCUT2D eigenvalue weighted by molar-refractivity contribution is 5.75. The maximum absolute atomic E-state index is 11.6. The van der Waals surface area contributed by atoms with Crippen LogP contribution in [0, 0.1) is 5.92 Å². The zero-order valence-corrected chi connectivity index (χ0v) is 11.0. The molecular weight excluding hydrogens is 190 g/mol. The molecule has 1 unspecified atom stereocenters. The minimum absolute atomic E-state index is 0.185. The van der Waals surface area contributed by atoms with Crippen molar-refractivity contribution in [3.05, 3.63) is 0 Å². The quantitative estimate of drug-likeness (QED) is 0.732. The van der Waals surface area contributed by atoms with Crippen molar-refractivity contribution >= 4 is 5.97 Å². The van der Waals surface area contributed by atoms with Gasteiger partial charge in [-0.1, -0.05) is 13.8 Å². The van der Waals surface area contributed by atoms with Gasteiger partial charge in [0, 0.05) is 6.04 Å². The molecule has 0 spiro atoms. The lowest BCUT2D eigenvalue weighted by Crippen LogP contribution is -2.44. The van der Waals surface area contributed by atoms with Gasteiger partial charge in [-0.15, -0.1) is 0 Å². The molecule has 0 bridgehead atoms. The van der Waals surface area contributed by atoms with Crippen LogP contribution in [0.3, 0.4) is 0 Å². The van der Waals surface area contributed by atoms with Crippen molar-refractivity contribution in [1.82, 2.24) is 5.32 Å². The van der Waals surface area contributed by atoms with E-state index in [2.05, 4.69) is 26.1 Å². The van der Waals surface area contributed by atoms with E-state index >= 15 is 0 Å². The summed E-state index contributed by atoms with van der Waals surface area (Å²) in [6, 6.07) is 0.0640. The van der Waals surface area contributed by atoms with Crippen LogP contribution in [0.25, 0.3) is 0 Å². The van der Waals surface area contributed by atoms with Crippen molar-refractivity contribution in [2.75, 3.05) is 0 Å². The van der Waals surface area contributed by atoms with Crippen LogP contribution in [-0.2, 0) is 9.53 Å². The predicted octanol–water partition coefficient (Wildman–Crippen LogP) is 2.35. The Morgan fingerprint density at radius 1 is 1.13 bits per heavy atom. The first-order valence-corrected chi connectivity index (χ1v) is 5.62. The molecule has 0 aliphatic rings. The van der Waals surface area contributed by atoms with E-state index < -0.39 is 5.60 Å². The second-order valence-corrected chi connectivity index (χ2v) is 5.45. The molecule has 2 atom stereocenters. The fourth-order valence-corrected chi connectivity index (χ4v) is 1.04. The summed E-state index contributed by atoms with van der Waals surface area (Å²) in [5.74, 6) is 0.324. The number of rotatable bonds is 4. The molecule has 0 aliphatic heterocycles. The first-order valence-electron chi connectivity index (χ1n) is 5.62. The first-order chi connectivity index (χ1) is 6.63. The number of esters is 1. The Bertz CT molecular complexity index is 206. The summed E-state index contributed by atoms with van der Waals surface area (Å²) in [5.41, 5.74) is -0.409. The third kappa shape index (κ3) is 6.50. The second-order valence-electron chi connectivity index (χ2n) is 5.45. The van der Waals surface area contributed by atoms with Gasteiger partial charge in [0.15, 0.2) is 0 Å². The van der Waals surface area contributed by atoms with Crippen molar-refractivity contribution < 1.29 is 9.53 Å². The molecule has 3 nitrogen and oxygen atoms in total. The summed E-state index contributed by atoms with van der Waals surface area (Å²) >= 11 is 0. The van der Waals surface area contributed by atoms with Crippen molar-refractivity contribution in [3.63, 3.8) is 0 Å². The van der Waals surface area contributed by atoms with Crippen LogP contribution in [0.5, 0.6) is 0 Å². The van der Waals surface area contributed by atoms with Gasteiger partial charge in [0.05, 0.1) is 0 Å². The van der Waals surface area contributed by atoms with Gasteiger partial charge in [0.1, 0.15) is 11.6 Å². The Morgan fingerprint density at radius 3 is 1.93 bits per heavy atom. The monoisotopic (exact) mass is 215 g/mol. The third-order valence-electron chi connectivity index (χ3n) is 2.27. The molecule has 3 heteroatoms. The zero-order chi connectivity index (χ0) is 12.2. The summed E-state index contributed by atoms with van der Waals surface area (Å²) in [6.07, 6.45) is 0. The van der Waals surface area contributed by atoms with Gasteiger partial charge in [-0.25, -0.2) is 0 Å². The smallest absolute Gasteiger partial charge is 0.323 e. The van der Waals surface area contributed by atoms with Gasteiger partial charge in [0.2, 0.25) is 0 Å². The highest BCUT2D eigenvalue weighted by Crippen LogP contribution is 2.09. The van der Waals surface area contributed by atoms with E-state index in [0.29, 0.717) is 12.0 Å². The Hall–Kier alpha value is -0.570. The van der Waals surface area contributed by atoms with E-state index in [4.69, 9.17) is 4.74 Å². The lowest BCUT2D eigenvalue weighted by Gasteiger charge is -2.26. The van der Waals surface area contributed by atoms with Crippen LogP contribution in [0.4, 0.5) is 0 Å². The van der Waals surface area contributed by atoms with Crippen LogP contribution in [-0.4, -0.2) is 23.7 Å². The lowest BCUT2D eigenvalue weighted by atomic mass is 10.1. The summed E-state index contributed by atoms with van der Waals surface area (Å²) in [6.45, 7) is 13.8. The molecule has 0 rings (SSSR count). The maximum Gasteiger partial charge on any atom is 0.323 e. The van der Waals surface area contributed by atoms with Crippen LogP contribution in [0.2, 0.25) is 0 Å². The lowest BCUT2D eigenvalue weighted by molar-refractivity contribution is -0.157. The van der Waals surface area contributed by atoms with Gasteiger partial charge in [-0.2, -0.15) is 0 Å². The van der Waals surface area contributed by atoms with E-state index in [0.717, 1.165) is 0 Å². The molecule has 1 N–H and O–H groups in total. The predicted molar refractivity (Wildman–Crippen MR) is 62.7 cm³/mol. The first kappa shape index (κ1) is 14.4. The average molecular weight is 215 g/mol. The number of hydrogen-bond acceptors (Lipinski definition) is 3. The van der Waals surface area contributed by atoms with E-state index in [9.17, 15) is 4.79 Å². The van der Waals surface area contributed by atoms with Crippen molar-refractivity contribution in [3.8, 4) is 0 Å². The summed E-state index contributed by atoms with van der Waals surface area (Å²) < 4.78 is 5.28. The Morgan fingerprint density at radius 2 is 1.60 bits per heavy atom. The van der Waals surface area contributed by atoms with Gasteiger partial charge in [-0.05, 0) is 40.5 Å². The zero-order valence-electron chi connectivity index (χ0n) is 11.0. The van der Waals surface area contributed by atoms with E-state index in [1.54, 1.807) is 0 Å². The summed E-state index contributed by atoms with van der Waals surface area (Å²) in [5, 5.41) is 3.23. The molecule has 0 aliphatic carbocycles. The highest BCUT2D eigenvalue weighted by atomic mass is 16.6. The van der Waals surface area contributed by atoms with Crippen LogP contribution < -0.4 is 5.32 Å². The van der Waals surface area contributed by atoms with Gasteiger partial charge in [0.25, 0.3) is 0 Å². The molecular formula is C12H25NO2. The van der Waals surface area contributed by atoms with Gasteiger partial charge in [-0.3, -0.25) is 4.79 Å². The van der Waals surface area contributed by atoms with Crippen LogP contribution in [0.15, 0.2) is 0 Å². The third-order valence-corrected chi connectivity index (χ3v) is 2.27. The Labute approximate surface area is 93.6 Å². The Balaban J connectivity index is 4.11. The normalized spacial score (nSPS) is 16.3. The fourth-order valence-electron chi connectivity index (χ4n) is 1.04. The maximum atomic E-state index is 11.6. The minimum Gasteiger partial charge on any atom is -0.459 e. The summed E-state index contributed by atoms with van der Waals surface area (Å²) in [7, 11) is 0. The number of carbonyl (C=O) groups excluding carboxylic acids is 1. The van der Waals surface area contributed by atoms with Crippen molar-refractivity contribution in [2.24, 2.45) is 5.92 Å². The molecule has 0 saturated carbocycles.